The van der Waals surface area contributed by atoms with Crippen LogP contribution in [0, 0.1) is 11.8 Å². The average Bonchev–Trinajstić information content (AvgIpc) is 3.00. The highest BCUT2D eigenvalue weighted by molar-refractivity contribution is 6.05. The molecule has 1 aliphatic carbocycles. The molecule has 4 rings (SSSR count). The summed E-state index contributed by atoms with van der Waals surface area (Å²) < 4.78 is 0. The molecular formula is C21H25N3O3. The van der Waals surface area contributed by atoms with Crippen LogP contribution >= 0.6 is 0 Å². The number of allylic oxidation sites excluding steroid dienone is 2. The lowest BCUT2D eigenvalue weighted by molar-refractivity contribution is -0.139. The standard InChI is InChI=1S/C21H25N3O3/c25-19-17-10-3-4-11-18(17)21(27)24(22-19)16-9-7-8-15(14-16)20(26)23-12-5-1-2-6-13-23/h3-4,7-9,14,17-18H,1-2,5-6,10-13H2,(H,22,25)/t17-,18+/m1/s1. The molecule has 3 aliphatic rings. The number of hydrazine groups is 1. The van der Waals surface area contributed by atoms with E-state index in [4.69, 9.17) is 0 Å². The zero-order valence-corrected chi connectivity index (χ0v) is 15.4. The molecule has 2 saturated heterocycles. The minimum atomic E-state index is -0.325. The van der Waals surface area contributed by atoms with E-state index in [-0.39, 0.29) is 29.6 Å². The van der Waals surface area contributed by atoms with Crippen LogP contribution in [-0.2, 0) is 9.59 Å². The van der Waals surface area contributed by atoms with Crippen molar-refractivity contribution in [2.24, 2.45) is 11.8 Å². The Bertz CT molecular complexity index is 781. The fourth-order valence-electron chi connectivity index (χ4n) is 4.22. The largest absolute Gasteiger partial charge is 0.339 e. The van der Waals surface area contributed by atoms with Gasteiger partial charge < -0.3 is 4.90 Å². The lowest BCUT2D eigenvalue weighted by atomic mass is 9.80. The minimum Gasteiger partial charge on any atom is -0.339 e. The predicted octanol–water partition coefficient (Wildman–Crippen LogP) is 2.66. The molecule has 0 unspecified atom stereocenters. The average molecular weight is 367 g/mol. The zero-order chi connectivity index (χ0) is 18.8. The van der Waals surface area contributed by atoms with Gasteiger partial charge in [-0.3, -0.25) is 19.8 Å². The van der Waals surface area contributed by atoms with Crippen LogP contribution in [0.2, 0.25) is 0 Å². The number of hydrogen-bond donors (Lipinski definition) is 1. The first kappa shape index (κ1) is 17.8. The highest BCUT2D eigenvalue weighted by Gasteiger charge is 2.42. The third kappa shape index (κ3) is 3.48. The number of carbonyl (C=O) groups excluding carboxylic acids is 3. The van der Waals surface area contributed by atoms with Gasteiger partial charge in [0.25, 0.3) is 5.91 Å². The van der Waals surface area contributed by atoms with Crippen LogP contribution in [0.25, 0.3) is 0 Å². The number of amides is 3. The Labute approximate surface area is 159 Å². The maximum atomic E-state index is 12.9. The molecule has 6 heteroatoms. The van der Waals surface area contributed by atoms with Gasteiger partial charge in [0, 0.05) is 18.7 Å². The van der Waals surface area contributed by atoms with Crippen molar-refractivity contribution in [3.8, 4) is 0 Å². The molecule has 1 N–H and O–H groups in total. The number of benzene rings is 1. The van der Waals surface area contributed by atoms with Gasteiger partial charge in [0.2, 0.25) is 11.8 Å². The fraction of sp³-hybridized carbons (Fsp3) is 0.476. The summed E-state index contributed by atoms with van der Waals surface area (Å²) in [4.78, 5) is 40.1. The van der Waals surface area contributed by atoms with Gasteiger partial charge in [-0.25, -0.2) is 5.01 Å². The van der Waals surface area contributed by atoms with E-state index in [1.54, 1.807) is 24.3 Å². The van der Waals surface area contributed by atoms with Gasteiger partial charge in [-0.05, 0) is 43.9 Å². The summed E-state index contributed by atoms with van der Waals surface area (Å²) in [6.07, 6.45) is 9.50. The first-order valence-electron chi connectivity index (χ1n) is 9.84. The summed E-state index contributed by atoms with van der Waals surface area (Å²) in [6, 6.07) is 7.02. The van der Waals surface area contributed by atoms with Crippen LogP contribution in [0.1, 0.15) is 48.9 Å². The molecule has 0 aromatic heterocycles. The first-order valence-corrected chi connectivity index (χ1v) is 9.84. The van der Waals surface area contributed by atoms with E-state index < -0.39 is 0 Å². The Morgan fingerprint density at radius 2 is 1.67 bits per heavy atom. The van der Waals surface area contributed by atoms with Crippen molar-refractivity contribution in [3.05, 3.63) is 42.0 Å². The molecule has 2 aliphatic heterocycles. The van der Waals surface area contributed by atoms with Crippen LogP contribution < -0.4 is 10.4 Å². The van der Waals surface area contributed by atoms with E-state index in [1.165, 1.54) is 5.01 Å². The Hall–Kier alpha value is -2.63. The van der Waals surface area contributed by atoms with Crippen molar-refractivity contribution < 1.29 is 14.4 Å². The lowest BCUT2D eigenvalue weighted by Crippen LogP contribution is -2.59. The summed E-state index contributed by atoms with van der Waals surface area (Å²) >= 11 is 0. The molecular weight excluding hydrogens is 342 g/mol. The van der Waals surface area contributed by atoms with Crippen molar-refractivity contribution in [2.45, 2.75) is 38.5 Å². The summed E-state index contributed by atoms with van der Waals surface area (Å²) in [5.41, 5.74) is 3.82. The van der Waals surface area contributed by atoms with Gasteiger partial charge in [-0.15, -0.1) is 0 Å². The molecule has 142 valence electrons. The first-order chi connectivity index (χ1) is 13.1. The predicted molar refractivity (Wildman–Crippen MR) is 102 cm³/mol. The topological polar surface area (TPSA) is 69.7 Å². The van der Waals surface area contributed by atoms with Crippen molar-refractivity contribution in [1.29, 1.82) is 0 Å². The van der Waals surface area contributed by atoms with E-state index >= 15 is 0 Å². The van der Waals surface area contributed by atoms with Crippen molar-refractivity contribution in [1.82, 2.24) is 10.3 Å². The number of hydrogen-bond acceptors (Lipinski definition) is 3. The summed E-state index contributed by atoms with van der Waals surface area (Å²) in [7, 11) is 0. The van der Waals surface area contributed by atoms with Crippen molar-refractivity contribution in [2.75, 3.05) is 18.1 Å². The highest BCUT2D eigenvalue weighted by Crippen LogP contribution is 2.32. The van der Waals surface area contributed by atoms with Crippen LogP contribution in [0.15, 0.2) is 36.4 Å². The number of nitrogens with one attached hydrogen (secondary N) is 1. The number of fused-ring (bicyclic) bond motifs is 1. The Kier molecular flexibility index (Phi) is 4.97. The summed E-state index contributed by atoms with van der Waals surface area (Å²) in [6.45, 7) is 1.55. The van der Waals surface area contributed by atoms with E-state index in [2.05, 4.69) is 5.43 Å². The Balaban J connectivity index is 1.56. The van der Waals surface area contributed by atoms with Gasteiger partial charge in [0.15, 0.2) is 0 Å². The van der Waals surface area contributed by atoms with Crippen molar-refractivity contribution in [3.63, 3.8) is 0 Å². The molecule has 0 bridgehead atoms. The molecule has 2 heterocycles. The minimum absolute atomic E-state index is 0.00647. The Morgan fingerprint density at radius 1 is 0.963 bits per heavy atom. The number of rotatable bonds is 2. The van der Waals surface area contributed by atoms with Crippen LogP contribution in [-0.4, -0.2) is 35.7 Å². The molecule has 1 aromatic carbocycles. The van der Waals surface area contributed by atoms with Crippen molar-refractivity contribution >= 4 is 23.4 Å². The molecule has 1 aromatic rings. The van der Waals surface area contributed by atoms with Gasteiger partial charge in [0.05, 0.1) is 17.5 Å². The monoisotopic (exact) mass is 367 g/mol. The van der Waals surface area contributed by atoms with E-state index in [0.717, 1.165) is 38.8 Å². The SMILES string of the molecule is O=C1NN(c2cccc(C(=O)N3CCCCCC3)c2)C(=O)[C@H]2CC=CC[C@@H]12. The zero-order valence-electron chi connectivity index (χ0n) is 15.4. The maximum absolute atomic E-state index is 12.9. The van der Waals surface area contributed by atoms with E-state index in [0.29, 0.717) is 24.1 Å². The number of nitrogens with zero attached hydrogens (tertiary/aromatic N) is 2. The maximum Gasteiger partial charge on any atom is 0.253 e. The second-order valence-corrected chi connectivity index (χ2v) is 7.56. The van der Waals surface area contributed by atoms with Gasteiger partial charge in [-0.1, -0.05) is 31.1 Å². The summed E-state index contributed by atoms with van der Waals surface area (Å²) in [5.74, 6) is -0.862. The molecule has 0 spiro atoms. The third-order valence-corrected chi connectivity index (χ3v) is 5.77. The molecule has 0 saturated carbocycles. The molecule has 6 nitrogen and oxygen atoms in total. The van der Waals surface area contributed by atoms with E-state index in [9.17, 15) is 14.4 Å². The fourth-order valence-corrected chi connectivity index (χ4v) is 4.22. The normalized spacial score (nSPS) is 25.6. The van der Waals surface area contributed by atoms with Gasteiger partial charge >= 0.3 is 0 Å². The molecule has 2 fully saturated rings. The number of anilines is 1. The molecule has 0 radical (unpaired) electrons. The smallest absolute Gasteiger partial charge is 0.253 e. The molecule has 2 atom stereocenters. The van der Waals surface area contributed by atoms with Crippen LogP contribution in [0.4, 0.5) is 5.69 Å². The quantitative estimate of drug-likeness (QED) is 0.817. The Morgan fingerprint density at radius 3 is 2.41 bits per heavy atom. The number of carbonyl (C=O) groups is 3. The molecule has 3 amide bonds. The highest BCUT2D eigenvalue weighted by atomic mass is 16.2. The molecule has 27 heavy (non-hydrogen) atoms. The summed E-state index contributed by atoms with van der Waals surface area (Å²) in [5, 5.41) is 1.32. The van der Waals surface area contributed by atoms with Crippen LogP contribution in [0.3, 0.4) is 0 Å². The second kappa shape index (κ2) is 7.55. The van der Waals surface area contributed by atoms with Gasteiger partial charge in [-0.2, -0.15) is 0 Å². The third-order valence-electron chi connectivity index (χ3n) is 5.77. The lowest BCUT2D eigenvalue weighted by Gasteiger charge is -2.38. The van der Waals surface area contributed by atoms with Gasteiger partial charge in [0.1, 0.15) is 0 Å². The van der Waals surface area contributed by atoms with Crippen LogP contribution in [0.5, 0.6) is 0 Å². The van der Waals surface area contributed by atoms with E-state index in [1.807, 2.05) is 17.1 Å². The number of likely N-dealkylation sites (tertiary alicyclic amines) is 1. The second-order valence-electron chi connectivity index (χ2n) is 7.56.